The molecule has 2 aromatic heterocycles. The first-order chi connectivity index (χ1) is 19.6. The zero-order valence-electron chi connectivity index (χ0n) is 23.1. The van der Waals surface area contributed by atoms with Crippen LogP contribution in [0.4, 0.5) is 0 Å². The second-order valence-electron chi connectivity index (χ2n) is 10.8. The summed E-state index contributed by atoms with van der Waals surface area (Å²) in [6.45, 7) is 8.81. The quantitative estimate of drug-likeness (QED) is 0.321. The fourth-order valence-corrected chi connectivity index (χ4v) is 6.17. The molecule has 0 aliphatic carbocycles. The molecule has 41 heavy (non-hydrogen) atoms. The van der Waals surface area contributed by atoms with E-state index in [9.17, 15) is 19.8 Å². The Morgan fingerprint density at radius 1 is 0.780 bits per heavy atom. The average molecular weight is 542 g/mol. The maximum Gasteiger partial charge on any atom is 0.354 e. The molecule has 5 aromatic rings. The molecule has 0 radical (unpaired) electrons. The lowest BCUT2D eigenvalue weighted by Crippen LogP contribution is -2.58. The smallest absolute Gasteiger partial charge is 0.354 e. The number of carboxylic acids is 2. The van der Waals surface area contributed by atoms with Crippen molar-refractivity contribution in [2.45, 2.75) is 34.1 Å². The number of fused-ring (bicyclic) bond motifs is 2. The van der Waals surface area contributed by atoms with Crippen molar-refractivity contribution in [1.82, 2.24) is 20.0 Å². The highest BCUT2D eigenvalue weighted by molar-refractivity contribution is 6.97. The fourth-order valence-electron chi connectivity index (χ4n) is 6.17. The molecule has 0 saturated heterocycles. The summed E-state index contributed by atoms with van der Waals surface area (Å²) >= 11 is 0. The Morgan fingerprint density at radius 3 is 1.83 bits per heavy atom. The number of benzene rings is 3. The summed E-state index contributed by atoms with van der Waals surface area (Å²) in [4.78, 5) is 26.6. The summed E-state index contributed by atoms with van der Waals surface area (Å²) < 4.78 is 1.36. The number of hydrogen-bond acceptors (Lipinski definition) is 5. The number of aromatic nitrogens is 4. The second kappa shape index (κ2) is 9.85. The molecule has 0 amide bonds. The molecule has 1 aliphatic rings. The van der Waals surface area contributed by atoms with E-state index in [4.69, 9.17) is 0 Å². The van der Waals surface area contributed by atoms with Crippen molar-refractivity contribution < 1.29 is 19.8 Å². The van der Waals surface area contributed by atoms with Gasteiger partial charge in [0.15, 0.2) is 11.4 Å². The Kier molecular flexibility index (Phi) is 6.29. The van der Waals surface area contributed by atoms with Crippen LogP contribution in [-0.2, 0) is 6.42 Å². The van der Waals surface area contributed by atoms with Crippen LogP contribution in [0.5, 0.6) is 0 Å². The lowest BCUT2D eigenvalue weighted by Gasteiger charge is -2.31. The molecule has 0 unspecified atom stereocenters. The first-order valence-electron chi connectivity index (χ1n) is 13.3. The maximum atomic E-state index is 11.5. The van der Waals surface area contributed by atoms with Crippen LogP contribution in [0.1, 0.15) is 54.4 Å². The van der Waals surface area contributed by atoms with Gasteiger partial charge in [-0.3, -0.25) is 0 Å². The molecule has 3 heterocycles. The number of rotatable bonds is 5. The van der Waals surface area contributed by atoms with Crippen molar-refractivity contribution in [3.63, 3.8) is 0 Å². The molecule has 0 spiro atoms. The van der Waals surface area contributed by atoms with Gasteiger partial charge in [0.2, 0.25) is 6.71 Å². The Morgan fingerprint density at radius 2 is 1.32 bits per heavy atom. The first-order valence-corrected chi connectivity index (χ1v) is 13.3. The Bertz CT molecular complexity index is 1790. The molecule has 0 saturated carbocycles. The van der Waals surface area contributed by atoms with Gasteiger partial charge in [-0.1, -0.05) is 92.4 Å². The average Bonchev–Trinajstić information content (AvgIpc) is 3.42. The summed E-state index contributed by atoms with van der Waals surface area (Å²) in [5, 5.41) is 27.1. The third-order valence-electron chi connectivity index (χ3n) is 7.74. The van der Waals surface area contributed by atoms with Crippen LogP contribution in [0, 0.1) is 27.7 Å². The van der Waals surface area contributed by atoms with E-state index in [1.165, 1.54) is 66.6 Å². The summed E-state index contributed by atoms with van der Waals surface area (Å²) in [5.74, 6) is -2.65. The van der Waals surface area contributed by atoms with Crippen LogP contribution < -0.4 is 16.4 Å². The monoisotopic (exact) mass is 542 g/mol. The maximum absolute atomic E-state index is 11.5. The van der Waals surface area contributed by atoms with Gasteiger partial charge in [-0.2, -0.15) is 0 Å². The SMILES string of the molecule is Cc1cc(C)c2c(c1)Cc1cc(C)cc(C)c1B2c1ccc(-c2cn(-c3cc(C(=O)O)nc(C(=O)O)c3)nn2)cc1. The molecule has 0 bridgehead atoms. The van der Waals surface area contributed by atoms with Gasteiger partial charge >= 0.3 is 11.9 Å². The fraction of sp³-hybridized carbons (Fsp3) is 0.156. The lowest BCUT2D eigenvalue weighted by atomic mass is 9.32. The molecular weight excluding hydrogens is 515 g/mol. The summed E-state index contributed by atoms with van der Waals surface area (Å²) in [5.41, 5.74) is 12.7. The predicted octanol–water partition coefficient (Wildman–Crippen LogP) is 3.38. The largest absolute Gasteiger partial charge is 0.477 e. The standard InChI is InChI=1S/C32H27BN4O4/c1-17-9-19(3)29-22(11-17)13-23-12-18(2)10-20(4)30(23)33(29)24-7-5-21(6-8-24)28-16-37(36-35-28)25-14-26(31(38)39)34-27(15-25)32(40)41/h5-12,14-16H,13H2,1-4H3,(H,38,39)(H,40,41). The van der Waals surface area contributed by atoms with E-state index in [0.717, 1.165) is 12.0 Å². The third-order valence-corrected chi connectivity index (χ3v) is 7.74. The molecular formula is C32H27BN4O4. The van der Waals surface area contributed by atoms with Crippen molar-refractivity contribution in [2.24, 2.45) is 0 Å². The molecule has 8 nitrogen and oxygen atoms in total. The predicted molar refractivity (Wildman–Crippen MR) is 158 cm³/mol. The molecule has 2 N–H and O–H groups in total. The minimum absolute atomic E-state index is 0.111. The Labute approximate surface area is 237 Å². The minimum Gasteiger partial charge on any atom is -0.477 e. The molecule has 0 fully saturated rings. The lowest BCUT2D eigenvalue weighted by molar-refractivity contribution is 0.0685. The molecule has 202 valence electrons. The Hall–Kier alpha value is -5.05. The van der Waals surface area contributed by atoms with Crippen LogP contribution >= 0.6 is 0 Å². The van der Waals surface area contributed by atoms with E-state index in [1.54, 1.807) is 6.20 Å². The van der Waals surface area contributed by atoms with Gasteiger partial charge in [0, 0.05) is 5.56 Å². The van der Waals surface area contributed by atoms with E-state index in [1.807, 2.05) is 12.1 Å². The topological polar surface area (TPSA) is 118 Å². The van der Waals surface area contributed by atoms with Crippen LogP contribution in [0.15, 0.2) is 66.9 Å². The van der Waals surface area contributed by atoms with E-state index >= 15 is 0 Å². The highest BCUT2D eigenvalue weighted by Crippen LogP contribution is 2.22. The van der Waals surface area contributed by atoms with E-state index in [-0.39, 0.29) is 23.8 Å². The van der Waals surface area contributed by atoms with Crippen molar-refractivity contribution in [2.75, 3.05) is 0 Å². The van der Waals surface area contributed by atoms with Crippen LogP contribution in [0.3, 0.4) is 0 Å². The number of nitrogens with zero attached hydrogens (tertiary/aromatic N) is 4. The number of hydrogen-bond donors (Lipinski definition) is 2. The summed E-state index contributed by atoms with van der Waals surface area (Å²) in [7, 11) is 0. The highest BCUT2D eigenvalue weighted by atomic mass is 16.4. The van der Waals surface area contributed by atoms with Crippen molar-refractivity contribution in [1.29, 1.82) is 0 Å². The van der Waals surface area contributed by atoms with Gasteiger partial charge in [0.25, 0.3) is 0 Å². The molecule has 0 atom stereocenters. The summed E-state index contributed by atoms with van der Waals surface area (Å²) in [6.07, 6.45) is 2.57. The van der Waals surface area contributed by atoms with Crippen molar-refractivity contribution in [3.05, 3.63) is 112 Å². The molecule has 1 aliphatic heterocycles. The van der Waals surface area contributed by atoms with E-state index < -0.39 is 11.9 Å². The first kappa shape index (κ1) is 26.2. The van der Waals surface area contributed by atoms with Gasteiger partial charge in [-0.25, -0.2) is 19.3 Å². The van der Waals surface area contributed by atoms with Crippen molar-refractivity contribution >= 4 is 35.0 Å². The zero-order valence-corrected chi connectivity index (χ0v) is 23.1. The van der Waals surface area contributed by atoms with Gasteiger partial charge in [-0.15, -0.1) is 5.10 Å². The normalized spacial score (nSPS) is 12.1. The molecule has 3 aromatic carbocycles. The number of carbonyl (C=O) groups is 2. The second-order valence-corrected chi connectivity index (χ2v) is 10.8. The number of aryl methyl sites for hydroxylation is 4. The number of aromatic carboxylic acids is 2. The van der Waals surface area contributed by atoms with Gasteiger partial charge in [0.05, 0.1) is 11.9 Å². The van der Waals surface area contributed by atoms with Crippen LogP contribution in [0.25, 0.3) is 16.9 Å². The van der Waals surface area contributed by atoms with Crippen LogP contribution in [0.2, 0.25) is 0 Å². The van der Waals surface area contributed by atoms with Crippen molar-refractivity contribution in [3.8, 4) is 16.9 Å². The summed E-state index contributed by atoms with van der Waals surface area (Å²) in [6, 6.07) is 20.0. The Balaban J connectivity index is 1.40. The van der Waals surface area contributed by atoms with Gasteiger partial charge in [-0.05, 0) is 57.4 Å². The van der Waals surface area contributed by atoms with Gasteiger partial charge in [0.1, 0.15) is 5.69 Å². The molecule has 9 heteroatoms. The van der Waals surface area contributed by atoms with E-state index in [2.05, 4.69) is 79.4 Å². The van der Waals surface area contributed by atoms with E-state index in [0.29, 0.717) is 5.69 Å². The minimum atomic E-state index is -1.33. The van der Waals surface area contributed by atoms with Crippen LogP contribution in [-0.4, -0.2) is 48.8 Å². The number of carboxylic acid groups (broad SMARTS) is 2. The zero-order chi connectivity index (χ0) is 29.0. The highest BCUT2D eigenvalue weighted by Gasteiger charge is 2.33. The molecule has 6 rings (SSSR count). The number of pyridine rings is 1. The third kappa shape index (κ3) is 4.69. The van der Waals surface area contributed by atoms with Gasteiger partial charge < -0.3 is 10.2 Å².